The van der Waals surface area contributed by atoms with Crippen LogP contribution in [0.1, 0.15) is 98.5 Å². The van der Waals surface area contributed by atoms with Crippen LogP contribution < -0.4 is 0 Å². The van der Waals surface area contributed by atoms with Gasteiger partial charge in [0, 0.05) is 0 Å². The average Bonchev–Trinajstić information content (AvgIpc) is 2.87. The van der Waals surface area contributed by atoms with Crippen molar-refractivity contribution in [3.05, 3.63) is 70.8 Å². The molecule has 0 saturated carbocycles. The molecule has 38 heavy (non-hydrogen) atoms. The normalized spacial score (nSPS) is 13.3. The molecule has 1 aromatic carbocycles. The molecule has 1 atom stereocenters. The largest absolute Gasteiger partial charge is 0.465 e. The van der Waals surface area contributed by atoms with E-state index >= 15 is 0 Å². The zero-order chi connectivity index (χ0) is 28.2. The molecule has 0 bridgehead atoms. The van der Waals surface area contributed by atoms with E-state index in [0.29, 0.717) is 19.3 Å². The Kier molecular flexibility index (Phi) is 18.0. The number of esters is 1. The van der Waals surface area contributed by atoms with Crippen LogP contribution in [0.4, 0.5) is 0 Å². The molecular weight excluding hydrogens is 495 g/mol. The van der Waals surface area contributed by atoms with Crippen LogP contribution in [-0.2, 0) is 29.6 Å². The quantitative estimate of drug-likeness (QED) is 0.0705. The van der Waals surface area contributed by atoms with Gasteiger partial charge in [-0.15, -0.1) is 0 Å². The first-order valence-corrected chi connectivity index (χ1v) is 15.9. The van der Waals surface area contributed by atoms with E-state index in [0.717, 1.165) is 38.5 Å². The molecule has 1 rings (SSSR count). The van der Waals surface area contributed by atoms with Crippen LogP contribution in [0.25, 0.3) is 0 Å². The van der Waals surface area contributed by atoms with Gasteiger partial charge in [-0.3, -0.25) is 9.36 Å². The van der Waals surface area contributed by atoms with Crippen molar-refractivity contribution in [2.75, 3.05) is 19.8 Å². The minimum atomic E-state index is -3.61. The van der Waals surface area contributed by atoms with E-state index in [2.05, 4.69) is 58.1 Å². The molecule has 0 fully saturated rings. The SMILES string of the molecule is CCOP(=O)(OCC)C(CCCC=C(C)CCC=C(C)CCC=C(C)C)C(=O)OCCCc1ccccc1. The highest BCUT2D eigenvalue weighted by Crippen LogP contribution is 2.55. The summed E-state index contributed by atoms with van der Waals surface area (Å²) in [7, 11) is -3.61. The Morgan fingerprint density at radius 3 is 2.00 bits per heavy atom. The number of ether oxygens (including phenoxy) is 1. The topological polar surface area (TPSA) is 61.8 Å². The Labute approximate surface area is 232 Å². The van der Waals surface area contributed by atoms with E-state index in [4.69, 9.17) is 13.8 Å². The van der Waals surface area contributed by atoms with Gasteiger partial charge in [-0.25, -0.2) is 0 Å². The summed E-state index contributed by atoms with van der Waals surface area (Å²) in [6, 6.07) is 10.1. The van der Waals surface area contributed by atoms with E-state index in [1.807, 2.05) is 18.2 Å². The smallest absolute Gasteiger partial charge is 0.344 e. The zero-order valence-corrected chi connectivity index (χ0v) is 25.6. The highest BCUT2D eigenvalue weighted by molar-refractivity contribution is 7.55. The lowest BCUT2D eigenvalue weighted by Gasteiger charge is -2.25. The Hall–Kier alpha value is -1.94. The molecule has 5 nitrogen and oxygen atoms in total. The fraction of sp³-hybridized carbons (Fsp3) is 0.594. The summed E-state index contributed by atoms with van der Waals surface area (Å²) in [6.07, 6.45) is 14.6. The van der Waals surface area contributed by atoms with Crippen molar-refractivity contribution >= 4 is 13.6 Å². The van der Waals surface area contributed by atoms with Gasteiger partial charge in [0.1, 0.15) is 0 Å². The molecule has 1 unspecified atom stereocenters. The maximum Gasteiger partial charge on any atom is 0.344 e. The van der Waals surface area contributed by atoms with Crippen LogP contribution in [0.15, 0.2) is 65.3 Å². The summed E-state index contributed by atoms with van der Waals surface area (Å²) in [5.74, 6) is -0.488. The standard InChI is InChI=1S/C32H51O5P/c1-7-36-38(34,37-8-2)31(32(33)35-26-16-24-30-22-10-9-11-23-30)25-13-12-18-28(5)20-15-21-29(6)19-14-17-27(3)4/h9-11,17-18,21-23,31H,7-8,12-16,19-20,24-26H2,1-6H3. The molecule has 0 heterocycles. The van der Waals surface area contributed by atoms with Crippen LogP contribution in [0.2, 0.25) is 0 Å². The van der Waals surface area contributed by atoms with Crippen molar-refractivity contribution in [2.45, 2.75) is 105 Å². The van der Waals surface area contributed by atoms with Gasteiger partial charge in [0.25, 0.3) is 0 Å². The molecule has 214 valence electrons. The summed E-state index contributed by atoms with van der Waals surface area (Å²) in [4.78, 5) is 13.0. The van der Waals surface area contributed by atoms with Crippen molar-refractivity contribution in [3.63, 3.8) is 0 Å². The Bertz CT molecular complexity index is 918. The number of benzene rings is 1. The maximum absolute atomic E-state index is 13.5. The van der Waals surface area contributed by atoms with Crippen molar-refractivity contribution in [1.82, 2.24) is 0 Å². The third-order valence-corrected chi connectivity index (χ3v) is 8.73. The molecule has 0 aliphatic rings. The summed E-state index contributed by atoms with van der Waals surface area (Å²) in [5, 5.41) is 0. The number of carbonyl (C=O) groups is 1. The fourth-order valence-electron chi connectivity index (χ4n) is 4.17. The van der Waals surface area contributed by atoms with Crippen molar-refractivity contribution in [3.8, 4) is 0 Å². The lowest BCUT2D eigenvalue weighted by Crippen LogP contribution is -2.26. The average molecular weight is 547 g/mol. The number of hydrogen-bond acceptors (Lipinski definition) is 5. The molecule has 0 aromatic heterocycles. The molecule has 0 radical (unpaired) electrons. The molecule has 6 heteroatoms. The second-order valence-corrected chi connectivity index (χ2v) is 12.3. The van der Waals surface area contributed by atoms with Crippen LogP contribution in [0.5, 0.6) is 0 Å². The maximum atomic E-state index is 13.5. The molecule has 0 aliphatic carbocycles. The van der Waals surface area contributed by atoms with E-state index in [-0.39, 0.29) is 19.8 Å². The van der Waals surface area contributed by atoms with Gasteiger partial charge in [0.05, 0.1) is 19.8 Å². The van der Waals surface area contributed by atoms with Crippen LogP contribution in [-0.4, -0.2) is 31.4 Å². The van der Waals surface area contributed by atoms with Crippen LogP contribution in [0.3, 0.4) is 0 Å². The van der Waals surface area contributed by atoms with Crippen LogP contribution in [0, 0.1) is 0 Å². The zero-order valence-electron chi connectivity index (χ0n) is 24.7. The number of unbranched alkanes of at least 4 members (excludes halogenated alkanes) is 1. The lowest BCUT2D eigenvalue weighted by molar-refractivity contribution is -0.143. The molecule has 0 spiro atoms. The third kappa shape index (κ3) is 14.9. The first-order valence-electron chi connectivity index (χ1n) is 14.3. The van der Waals surface area contributed by atoms with E-state index in [1.165, 1.54) is 22.3 Å². The van der Waals surface area contributed by atoms with Crippen molar-refractivity contribution in [2.24, 2.45) is 0 Å². The van der Waals surface area contributed by atoms with Crippen molar-refractivity contribution < 1.29 is 23.1 Å². The van der Waals surface area contributed by atoms with Crippen LogP contribution >= 0.6 is 7.60 Å². The van der Waals surface area contributed by atoms with Gasteiger partial charge in [0.2, 0.25) is 0 Å². The molecular formula is C32H51O5P. The molecule has 0 saturated heterocycles. The van der Waals surface area contributed by atoms with Gasteiger partial charge in [0.15, 0.2) is 5.66 Å². The minimum absolute atomic E-state index is 0.218. The Morgan fingerprint density at radius 2 is 1.42 bits per heavy atom. The summed E-state index contributed by atoms with van der Waals surface area (Å²) >= 11 is 0. The summed E-state index contributed by atoms with van der Waals surface area (Å²) in [5.41, 5.74) is 4.43. The van der Waals surface area contributed by atoms with E-state index in [9.17, 15) is 9.36 Å². The second kappa shape index (κ2) is 20.0. The van der Waals surface area contributed by atoms with E-state index in [1.54, 1.807) is 13.8 Å². The second-order valence-electron chi connectivity index (χ2n) is 10.0. The van der Waals surface area contributed by atoms with Gasteiger partial charge in [-0.05, 0) is 105 Å². The molecule has 0 aliphatic heterocycles. The number of hydrogen-bond donors (Lipinski definition) is 0. The monoisotopic (exact) mass is 546 g/mol. The predicted molar refractivity (Wildman–Crippen MR) is 160 cm³/mol. The first-order chi connectivity index (χ1) is 18.2. The first kappa shape index (κ1) is 34.1. The highest BCUT2D eigenvalue weighted by atomic mass is 31.2. The Balaban J connectivity index is 2.61. The van der Waals surface area contributed by atoms with E-state index < -0.39 is 19.2 Å². The number of aryl methyl sites for hydroxylation is 1. The highest BCUT2D eigenvalue weighted by Gasteiger charge is 2.41. The number of carbonyl (C=O) groups excluding carboxylic acids is 1. The Morgan fingerprint density at radius 1 is 0.842 bits per heavy atom. The lowest BCUT2D eigenvalue weighted by atomic mass is 10.0. The molecule has 0 amide bonds. The fourth-order valence-corrected chi connectivity index (χ4v) is 6.16. The van der Waals surface area contributed by atoms with Gasteiger partial charge >= 0.3 is 13.6 Å². The predicted octanol–water partition coefficient (Wildman–Crippen LogP) is 9.39. The summed E-state index contributed by atoms with van der Waals surface area (Å²) in [6.45, 7) is 12.9. The summed E-state index contributed by atoms with van der Waals surface area (Å²) < 4.78 is 30.1. The van der Waals surface area contributed by atoms with Gasteiger partial charge in [-0.2, -0.15) is 0 Å². The van der Waals surface area contributed by atoms with Gasteiger partial charge in [-0.1, -0.05) is 65.3 Å². The van der Waals surface area contributed by atoms with Crippen molar-refractivity contribution in [1.29, 1.82) is 0 Å². The van der Waals surface area contributed by atoms with Gasteiger partial charge < -0.3 is 13.8 Å². The third-order valence-electron chi connectivity index (χ3n) is 6.27. The molecule has 0 N–H and O–H groups in total. The number of rotatable bonds is 20. The number of allylic oxidation sites excluding steroid dienone is 6. The molecule has 1 aromatic rings. The minimum Gasteiger partial charge on any atom is -0.465 e.